The maximum absolute atomic E-state index is 5.35. The van der Waals surface area contributed by atoms with E-state index in [1.165, 1.54) is 32.4 Å². The molecule has 1 fully saturated rings. The van der Waals surface area contributed by atoms with Gasteiger partial charge in [0.25, 0.3) is 0 Å². The molecular weight excluding hydrogens is 276 g/mol. The molecular formula is C17H36N4O. The lowest BCUT2D eigenvalue weighted by Gasteiger charge is -2.41. The molecule has 5 heteroatoms. The van der Waals surface area contributed by atoms with Crippen LogP contribution in [0.15, 0.2) is 4.99 Å². The van der Waals surface area contributed by atoms with Crippen molar-refractivity contribution in [1.29, 1.82) is 0 Å². The molecule has 0 unspecified atom stereocenters. The molecule has 1 aliphatic rings. The van der Waals surface area contributed by atoms with Crippen molar-refractivity contribution in [2.24, 2.45) is 4.99 Å². The van der Waals surface area contributed by atoms with Gasteiger partial charge in [-0.3, -0.25) is 9.89 Å². The first-order valence-electron chi connectivity index (χ1n) is 8.87. The van der Waals surface area contributed by atoms with Crippen molar-refractivity contribution in [1.82, 2.24) is 15.5 Å². The van der Waals surface area contributed by atoms with Gasteiger partial charge in [0, 0.05) is 38.9 Å². The third kappa shape index (κ3) is 7.45. The van der Waals surface area contributed by atoms with E-state index in [0.29, 0.717) is 0 Å². The van der Waals surface area contributed by atoms with Gasteiger partial charge in [-0.2, -0.15) is 0 Å². The SMILES string of the molecule is CCOCCCCNC(=NC)NCC(C)(C)N1CCCCC1. The number of aliphatic imine (C=N–C) groups is 1. The minimum Gasteiger partial charge on any atom is -0.382 e. The van der Waals surface area contributed by atoms with Gasteiger partial charge in [-0.15, -0.1) is 0 Å². The summed E-state index contributed by atoms with van der Waals surface area (Å²) in [6.45, 7) is 12.6. The summed E-state index contributed by atoms with van der Waals surface area (Å²) in [6, 6.07) is 0. The fourth-order valence-corrected chi connectivity index (χ4v) is 2.81. The first-order chi connectivity index (χ1) is 10.6. The van der Waals surface area contributed by atoms with Crippen molar-refractivity contribution in [2.45, 2.75) is 58.4 Å². The standard InChI is InChI=1S/C17H36N4O/c1-5-22-14-10-7-11-19-16(18-4)20-15-17(2,3)21-12-8-6-9-13-21/h5-15H2,1-4H3,(H2,18,19,20). The average molecular weight is 313 g/mol. The Labute approximate surface area is 136 Å². The smallest absolute Gasteiger partial charge is 0.191 e. The number of nitrogens with one attached hydrogen (secondary N) is 2. The van der Waals surface area contributed by atoms with Gasteiger partial charge < -0.3 is 15.4 Å². The first-order valence-corrected chi connectivity index (χ1v) is 8.87. The Morgan fingerprint density at radius 2 is 1.86 bits per heavy atom. The number of ether oxygens (including phenoxy) is 1. The summed E-state index contributed by atoms with van der Waals surface area (Å²) in [4.78, 5) is 6.91. The van der Waals surface area contributed by atoms with Crippen molar-refractivity contribution in [3.8, 4) is 0 Å². The van der Waals surface area contributed by atoms with E-state index in [1.54, 1.807) is 0 Å². The summed E-state index contributed by atoms with van der Waals surface area (Å²) < 4.78 is 5.35. The van der Waals surface area contributed by atoms with Gasteiger partial charge in [0.15, 0.2) is 5.96 Å². The fraction of sp³-hybridized carbons (Fsp3) is 0.941. The molecule has 5 nitrogen and oxygen atoms in total. The van der Waals surface area contributed by atoms with E-state index in [-0.39, 0.29) is 5.54 Å². The van der Waals surface area contributed by atoms with Crippen LogP contribution in [0.2, 0.25) is 0 Å². The van der Waals surface area contributed by atoms with Crippen molar-refractivity contribution >= 4 is 5.96 Å². The van der Waals surface area contributed by atoms with Crippen LogP contribution in [0, 0.1) is 0 Å². The Kier molecular flexibility index (Phi) is 9.48. The molecule has 0 radical (unpaired) electrons. The summed E-state index contributed by atoms with van der Waals surface area (Å²) >= 11 is 0. The van der Waals surface area contributed by atoms with Crippen LogP contribution >= 0.6 is 0 Å². The highest BCUT2D eigenvalue weighted by Crippen LogP contribution is 2.19. The molecule has 22 heavy (non-hydrogen) atoms. The lowest BCUT2D eigenvalue weighted by Crippen LogP contribution is -2.54. The number of guanidine groups is 1. The minimum absolute atomic E-state index is 0.174. The van der Waals surface area contributed by atoms with E-state index in [9.17, 15) is 0 Å². The van der Waals surface area contributed by atoms with Gasteiger partial charge in [0.1, 0.15) is 0 Å². The number of rotatable bonds is 9. The second-order valence-electron chi connectivity index (χ2n) is 6.62. The van der Waals surface area contributed by atoms with Crippen molar-refractivity contribution in [2.75, 3.05) is 46.4 Å². The van der Waals surface area contributed by atoms with Crippen LogP contribution in [0.4, 0.5) is 0 Å². The van der Waals surface area contributed by atoms with E-state index >= 15 is 0 Å². The van der Waals surface area contributed by atoms with Crippen LogP contribution in [-0.2, 0) is 4.74 Å². The predicted molar refractivity (Wildman–Crippen MR) is 94.6 cm³/mol. The molecule has 0 aromatic heterocycles. The Balaban J connectivity index is 2.22. The summed E-state index contributed by atoms with van der Waals surface area (Å²) in [5, 5.41) is 6.86. The molecule has 0 aliphatic carbocycles. The van der Waals surface area contributed by atoms with Gasteiger partial charge in [0.2, 0.25) is 0 Å². The van der Waals surface area contributed by atoms with Gasteiger partial charge >= 0.3 is 0 Å². The summed E-state index contributed by atoms with van der Waals surface area (Å²) in [7, 11) is 1.84. The molecule has 0 atom stereocenters. The Morgan fingerprint density at radius 3 is 2.50 bits per heavy atom. The van der Waals surface area contributed by atoms with Crippen LogP contribution < -0.4 is 10.6 Å². The van der Waals surface area contributed by atoms with Crippen LogP contribution in [0.1, 0.15) is 52.9 Å². The molecule has 0 aromatic carbocycles. The zero-order chi connectivity index (χ0) is 16.3. The van der Waals surface area contributed by atoms with Crippen LogP contribution in [0.5, 0.6) is 0 Å². The Bertz CT molecular complexity index is 312. The van der Waals surface area contributed by atoms with Crippen molar-refractivity contribution < 1.29 is 4.74 Å². The van der Waals surface area contributed by atoms with Crippen LogP contribution in [0.25, 0.3) is 0 Å². The lowest BCUT2D eigenvalue weighted by atomic mass is 9.98. The average Bonchev–Trinajstić information content (AvgIpc) is 2.54. The number of piperidine rings is 1. The van der Waals surface area contributed by atoms with Gasteiger partial charge in [0.05, 0.1) is 0 Å². The number of nitrogens with zero attached hydrogens (tertiary/aromatic N) is 2. The monoisotopic (exact) mass is 312 g/mol. The molecule has 0 bridgehead atoms. The number of hydrogen-bond acceptors (Lipinski definition) is 3. The molecule has 0 amide bonds. The Morgan fingerprint density at radius 1 is 1.14 bits per heavy atom. The minimum atomic E-state index is 0.174. The van der Waals surface area contributed by atoms with Gasteiger partial charge in [-0.05, 0) is 59.5 Å². The zero-order valence-electron chi connectivity index (χ0n) is 15.1. The molecule has 1 rings (SSSR count). The summed E-state index contributed by atoms with van der Waals surface area (Å²) in [6.07, 6.45) is 6.24. The number of unbranched alkanes of at least 4 members (excludes halogenated alkanes) is 1. The van der Waals surface area contributed by atoms with E-state index in [2.05, 4.69) is 34.4 Å². The molecule has 0 spiro atoms. The van der Waals surface area contributed by atoms with Crippen LogP contribution in [0.3, 0.4) is 0 Å². The molecule has 1 saturated heterocycles. The van der Waals surface area contributed by atoms with E-state index in [0.717, 1.165) is 45.1 Å². The van der Waals surface area contributed by atoms with Crippen molar-refractivity contribution in [3.63, 3.8) is 0 Å². The third-order valence-electron chi connectivity index (χ3n) is 4.34. The highest BCUT2D eigenvalue weighted by atomic mass is 16.5. The number of hydrogen-bond donors (Lipinski definition) is 2. The lowest BCUT2D eigenvalue weighted by molar-refractivity contribution is 0.0982. The molecule has 1 heterocycles. The third-order valence-corrected chi connectivity index (χ3v) is 4.34. The first kappa shape index (κ1) is 19.2. The van der Waals surface area contributed by atoms with Gasteiger partial charge in [-0.25, -0.2) is 0 Å². The van der Waals surface area contributed by atoms with Crippen LogP contribution in [-0.4, -0.2) is 62.8 Å². The summed E-state index contributed by atoms with van der Waals surface area (Å²) in [5.74, 6) is 0.904. The topological polar surface area (TPSA) is 48.9 Å². The highest BCUT2D eigenvalue weighted by Gasteiger charge is 2.27. The fourth-order valence-electron chi connectivity index (χ4n) is 2.81. The Hall–Kier alpha value is -0.810. The summed E-state index contributed by atoms with van der Waals surface area (Å²) in [5.41, 5.74) is 0.174. The molecule has 0 aromatic rings. The number of likely N-dealkylation sites (tertiary alicyclic amines) is 1. The zero-order valence-corrected chi connectivity index (χ0v) is 15.1. The van der Waals surface area contributed by atoms with Crippen molar-refractivity contribution in [3.05, 3.63) is 0 Å². The second kappa shape index (κ2) is 10.8. The van der Waals surface area contributed by atoms with E-state index in [4.69, 9.17) is 4.74 Å². The molecule has 2 N–H and O–H groups in total. The molecule has 1 aliphatic heterocycles. The molecule has 0 saturated carbocycles. The predicted octanol–water partition coefficient (Wildman–Crippen LogP) is 2.23. The second-order valence-corrected chi connectivity index (χ2v) is 6.62. The normalized spacial score (nSPS) is 17.5. The van der Waals surface area contributed by atoms with E-state index in [1.807, 2.05) is 14.0 Å². The maximum Gasteiger partial charge on any atom is 0.191 e. The van der Waals surface area contributed by atoms with E-state index < -0.39 is 0 Å². The largest absolute Gasteiger partial charge is 0.382 e. The quantitative estimate of drug-likeness (QED) is 0.389. The maximum atomic E-state index is 5.35. The van der Waals surface area contributed by atoms with Gasteiger partial charge in [-0.1, -0.05) is 6.42 Å². The molecule has 130 valence electrons. The highest BCUT2D eigenvalue weighted by molar-refractivity contribution is 5.79.